The summed E-state index contributed by atoms with van der Waals surface area (Å²) < 4.78 is 11.4. The average Bonchev–Trinajstić information content (AvgIpc) is 3.30. The third-order valence-electron chi connectivity index (χ3n) is 4.69. The zero-order valence-corrected chi connectivity index (χ0v) is 17.4. The molecule has 4 rings (SSSR count). The van der Waals surface area contributed by atoms with Crippen molar-refractivity contribution in [1.82, 2.24) is 4.98 Å². The first-order chi connectivity index (χ1) is 14.0. The van der Waals surface area contributed by atoms with Crippen molar-refractivity contribution in [2.24, 2.45) is 0 Å². The fourth-order valence-electron chi connectivity index (χ4n) is 3.35. The van der Waals surface area contributed by atoms with E-state index in [1.165, 1.54) is 11.3 Å². The molecule has 3 aromatic rings. The Labute approximate surface area is 174 Å². The van der Waals surface area contributed by atoms with Gasteiger partial charge in [-0.1, -0.05) is 18.2 Å². The van der Waals surface area contributed by atoms with E-state index < -0.39 is 0 Å². The van der Waals surface area contributed by atoms with Gasteiger partial charge in [-0.3, -0.25) is 9.69 Å². The minimum absolute atomic E-state index is 0.150. The lowest BCUT2D eigenvalue weighted by Crippen LogP contribution is -2.23. The van der Waals surface area contributed by atoms with Crippen molar-refractivity contribution in [2.45, 2.75) is 26.4 Å². The van der Waals surface area contributed by atoms with Gasteiger partial charge in [-0.2, -0.15) is 0 Å². The maximum atomic E-state index is 13.1. The highest BCUT2D eigenvalue weighted by molar-refractivity contribution is 7.14. The highest BCUT2D eigenvalue weighted by atomic mass is 32.1. The van der Waals surface area contributed by atoms with Crippen molar-refractivity contribution in [1.29, 1.82) is 0 Å². The van der Waals surface area contributed by atoms with Crippen LogP contribution in [0.1, 0.15) is 23.7 Å². The Balaban J connectivity index is 1.66. The number of carbonyl (C=O) groups excluding carboxylic acids is 1. The van der Waals surface area contributed by atoms with Gasteiger partial charge < -0.3 is 9.47 Å². The molecular weight excluding hydrogens is 384 g/mol. The van der Waals surface area contributed by atoms with Crippen LogP contribution in [0.2, 0.25) is 0 Å². The number of anilines is 2. The number of hydrogen-bond donors (Lipinski definition) is 0. The number of methoxy groups -OCH3 is 1. The van der Waals surface area contributed by atoms with Crippen molar-refractivity contribution < 1.29 is 14.3 Å². The molecule has 29 heavy (non-hydrogen) atoms. The molecule has 6 heteroatoms. The summed E-state index contributed by atoms with van der Waals surface area (Å²) in [5.41, 5.74) is 3.59. The minimum atomic E-state index is -0.178. The van der Waals surface area contributed by atoms with E-state index in [2.05, 4.69) is 4.98 Å². The lowest BCUT2D eigenvalue weighted by atomic mass is 10.1. The molecule has 0 aliphatic carbocycles. The molecule has 148 valence electrons. The maximum Gasteiger partial charge on any atom is 0.257 e. The molecule has 1 aliphatic rings. The van der Waals surface area contributed by atoms with E-state index in [1.54, 1.807) is 24.2 Å². The average molecular weight is 407 g/mol. The van der Waals surface area contributed by atoms with Gasteiger partial charge in [0, 0.05) is 29.0 Å². The number of amides is 1. The predicted molar refractivity (Wildman–Crippen MR) is 116 cm³/mol. The molecule has 0 bridgehead atoms. The molecule has 1 aromatic heterocycles. The normalized spacial score (nSPS) is 15.2. The lowest BCUT2D eigenvalue weighted by molar-refractivity contribution is -0.113. The number of hydrogen-bond acceptors (Lipinski definition) is 5. The van der Waals surface area contributed by atoms with Crippen LogP contribution < -0.4 is 14.4 Å². The largest absolute Gasteiger partial charge is 0.496 e. The second kappa shape index (κ2) is 8.09. The standard InChI is InChI=1S/C23H22N2O3S/c1-15-14-29-23(24-15)25(19-7-5-4-6-8-19)22(26)10-9-17-12-21-18(11-16(2)28-21)13-20(17)27-3/h4-10,12-14,16H,11H2,1-3H3/b10-9+/t16-/m0/s1. The second-order valence-electron chi connectivity index (χ2n) is 6.95. The van der Waals surface area contributed by atoms with E-state index in [-0.39, 0.29) is 12.0 Å². The van der Waals surface area contributed by atoms with Crippen molar-refractivity contribution in [3.8, 4) is 11.5 Å². The first-order valence-electron chi connectivity index (χ1n) is 9.42. The fourth-order valence-corrected chi connectivity index (χ4v) is 4.18. The van der Waals surface area contributed by atoms with Crippen LogP contribution in [0.3, 0.4) is 0 Å². The summed E-state index contributed by atoms with van der Waals surface area (Å²) >= 11 is 1.44. The maximum absolute atomic E-state index is 13.1. The van der Waals surface area contributed by atoms with Crippen LogP contribution in [0, 0.1) is 6.92 Å². The summed E-state index contributed by atoms with van der Waals surface area (Å²) in [6, 6.07) is 13.4. The molecule has 0 radical (unpaired) electrons. The SMILES string of the molecule is COc1cc2c(cc1/C=C/C(=O)N(c1ccccc1)c1nc(C)cs1)O[C@@H](C)C2. The van der Waals surface area contributed by atoms with E-state index in [0.717, 1.165) is 40.4 Å². The van der Waals surface area contributed by atoms with Crippen LogP contribution in [0.25, 0.3) is 6.08 Å². The zero-order chi connectivity index (χ0) is 20.4. The van der Waals surface area contributed by atoms with Crippen LogP contribution >= 0.6 is 11.3 Å². The number of benzene rings is 2. The highest BCUT2D eigenvalue weighted by Crippen LogP contribution is 2.36. The third kappa shape index (κ3) is 4.03. The number of para-hydroxylation sites is 1. The number of nitrogens with zero attached hydrogens (tertiary/aromatic N) is 2. The number of fused-ring (bicyclic) bond motifs is 1. The summed E-state index contributed by atoms with van der Waals surface area (Å²) in [5.74, 6) is 1.39. The topological polar surface area (TPSA) is 51.7 Å². The number of thiazole rings is 1. The molecule has 0 saturated carbocycles. The Hall–Kier alpha value is -3.12. The van der Waals surface area contributed by atoms with Gasteiger partial charge in [-0.25, -0.2) is 4.98 Å². The molecule has 0 spiro atoms. The van der Waals surface area contributed by atoms with Gasteiger partial charge in [-0.15, -0.1) is 11.3 Å². The smallest absolute Gasteiger partial charge is 0.257 e. The van der Waals surface area contributed by atoms with Crippen LogP contribution in [0.15, 0.2) is 53.9 Å². The van der Waals surface area contributed by atoms with E-state index in [0.29, 0.717) is 5.13 Å². The van der Waals surface area contributed by atoms with Gasteiger partial charge in [0.05, 0.1) is 18.5 Å². The van der Waals surface area contributed by atoms with Crippen molar-refractivity contribution >= 4 is 34.1 Å². The van der Waals surface area contributed by atoms with Gasteiger partial charge in [0.15, 0.2) is 5.13 Å². The van der Waals surface area contributed by atoms with E-state index >= 15 is 0 Å². The molecule has 0 saturated heterocycles. The van der Waals surface area contributed by atoms with Crippen LogP contribution in [-0.2, 0) is 11.2 Å². The molecule has 0 unspecified atom stereocenters. The molecule has 1 aliphatic heterocycles. The highest BCUT2D eigenvalue weighted by Gasteiger charge is 2.22. The molecule has 0 fully saturated rings. The monoisotopic (exact) mass is 406 g/mol. The van der Waals surface area contributed by atoms with Crippen molar-refractivity contribution in [3.63, 3.8) is 0 Å². The Bertz CT molecular complexity index is 1060. The Kier molecular flexibility index (Phi) is 5.36. The van der Waals surface area contributed by atoms with Crippen LogP contribution in [-0.4, -0.2) is 24.1 Å². The van der Waals surface area contributed by atoms with Gasteiger partial charge in [0.1, 0.15) is 17.6 Å². The molecule has 2 aromatic carbocycles. The number of aromatic nitrogens is 1. The fraction of sp³-hybridized carbons (Fsp3) is 0.217. The molecular formula is C23H22N2O3S. The molecule has 5 nitrogen and oxygen atoms in total. The van der Waals surface area contributed by atoms with Gasteiger partial charge in [0.2, 0.25) is 0 Å². The number of aryl methyl sites for hydroxylation is 1. The van der Waals surface area contributed by atoms with E-state index in [9.17, 15) is 4.79 Å². The predicted octanol–water partition coefficient (Wildman–Crippen LogP) is 5.16. The van der Waals surface area contributed by atoms with Gasteiger partial charge >= 0.3 is 0 Å². The molecule has 1 atom stereocenters. The Morgan fingerprint density at radius 1 is 1.31 bits per heavy atom. The van der Waals surface area contributed by atoms with Crippen molar-refractivity contribution in [3.05, 3.63) is 70.7 Å². The zero-order valence-electron chi connectivity index (χ0n) is 16.6. The Morgan fingerprint density at radius 2 is 2.10 bits per heavy atom. The van der Waals surface area contributed by atoms with Crippen LogP contribution in [0.4, 0.5) is 10.8 Å². The number of rotatable bonds is 5. The summed E-state index contributed by atoms with van der Waals surface area (Å²) in [5, 5.41) is 2.58. The molecule has 0 N–H and O–H groups in total. The van der Waals surface area contributed by atoms with E-state index in [1.807, 2.05) is 61.7 Å². The summed E-state index contributed by atoms with van der Waals surface area (Å²) in [6.07, 6.45) is 4.33. The number of ether oxygens (including phenoxy) is 2. The van der Waals surface area contributed by atoms with Crippen molar-refractivity contribution in [2.75, 3.05) is 12.0 Å². The van der Waals surface area contributed by atoms with Gasteiger partial charge in [-0.05, 0) is 44.2 Å². The summed E-state index contributed by atoms with van der Waals surface area (Å²) in [6.45, 7) is 3.96. The van der Waals surface area contributed by atoms with Crippen LogP contribution in [0.5, 0.6) is 11.5 Å². The van der Waals surface area contributed by atoms with Gasteiger partial charge in [0.25, 0.3) is 5.91 Å². The first kappa shape index (κ1) is 19.2. The number of carbonyl (C=O) groups is 1. The second-order valence-corrected chi connectivity index (χ2v) is 7.79. The molecule has 2 heterocycles. The third-order valence-corrected chi connectivity index (χ3v) is 5.63. The first-order valence-corrected chi connectivity index (χ1v) is 10.3. The molecule has 1 amide bonds. The minimum Gasteiger partial charge on any atom is -0.496 e. The quantitative estimate of drug-likeness (QED) is 0.549. The Morgan fingerprint density at radius 3 is 2.79 bits per heavy atom. The summed E-state index contributed by atoms with van der Waals surface area (Å²) in [7, 11) is 1.63. The lowest BCUT2D eigenvalue weighted by Gasteiger charge is -2.18. The summed E-state index contributed by atoms with van der Waals surface area (Å²) in [4.78, 5) is 19.3. The van der Waals surface area contributed by atoms with E-state index in [4.69, 9.17) is 9.47 Å².